The molecule has 23 heavy (non-hydrogen) atoms. The number of nitrogens with zero attached hydrogens (tertiary/aromatic N) is 1. The Morgan fingerprint density at radius 3 is 2.78 bits per heavy atom. The molecule has 0 fully saturated rings. The maximum atomic E-state index is 12.2. The van der Waals surface area contributed by atoms with Crippen LogP contribution in [0.5, 0.6) is 5.75 Å². The number of hydrogen-bond donors (Lipinski definition) is 2. The SMILES string of the molecule is O=C(Nc1nc2c(s1)CCc1cc(O)ccc1-2)c1ccccc1. The number of phenolic OH excluding ortho intramolecular Hbond substituents is 1. The number of anilines is 1. The highest BCUT2D eigenvalue weighted by Gasteiger charge is 2.22. The molecular formula is C18H14N2O2S. The highest BCUT2D eigenvalue weighted by molar-refractivity contribution is 7.16. The molecule has 2 N–H and O–H groups in total. The van der Waals surface area contributed by atoms with Crippen molar-refractivity contribution in [3.8, 4) is 17.0 Å². The van der Waals surface area contributed by atoms with E-state index in [4.69, 9.17) is 0 Å². The van der Waals surface area contributed by atoms with Crippen LogP contribution in [0.4, 0.5) is 5.13 Å². The zero-order chi connectivity index (χ0) is 15.8. The van der Waals surface area contributed by atoms with E-state index in [0.29, 0.717) is 10.7 Å². The summed E-state index contributed by atoms with van der Waals surface area (Å²) >= 11 is 1.52. The third-order valence-corrected chi connectivity index (χ3v) is 4.95. The van der Waals surface area contributed by atoms with Crippen molar-refractivity contribution in [1.29, 1.82) is 0 Å². The van der Waals surface area contributed by atoms with Gasteiger partial charge < -0.3 is 5.11 Å². The van der Waals surface area contributed by atoms with Gasteiger partial charge in [0.15, 0.2) is 5.13 Å². The molecule has 4 nitrogen and oxygen atoms in total. The number of amides is 1. The summed E-state index contributed by atoms with van der Waals surface area (Å²) in [6.07, 6.45) is 1.76. The molecule has 0 saturated carbocycles. The quantitative estimate of drug-likeness (QED) is 0.753. The minimum atomic E-state index is -0.150. The molecule has 3 aromatic rings. The largest absolute Gasteiger partial charge is 0.508 e. The van der Waals surface area contributed by atoms with Gasteiger partial charge in [-0.25, -0.2) is 4.98 Å². The molecule has 1 aliphatic rings. The number of carbonyl (C=O) groups excluding carboxylic acids is 1. The first-order valence-electron chi connectivity index (χ1n) is 7.39. The average molecular weight is 322 g/mol. The predicted octanol–water partition coefficient (Wildman–Crippen LogP) is 3.87. The van der Waals surface area contributed by atoms with Crippen LogP contribution in [0, 0.1) is 0 Å². The van der Waals surface area contributed by atoms with Gasteiger partial charge in [-0.2, -0.15) is 0 Å². The minimum Gasteiger partial charge on any atom is -0.508 e. The van der Waals surface area contributed by atoms with Gasteiger partial charge in [0.2, 0.25) is 0 Å². The Morgan fingerprint density at radius 1 is 1.13 bits per heavy atom. The van der Waals surface area contributed by atoms with Crippen molar-refractivity contribution in [2.45, 2.75) is 12.8 Å². The second-order valence-electron chi connectivity index (χ2n) is 5.45. The lowest BCUT2D eigenvalue weighted by molar-refractivity contribution is 0.102. The van der Waals surface area contributed by atoms with E-state index < -0.39 is 0 Å². The van der Waals surface area contributed by atoms with Crippen LogP contribution < -0.4 is 5.32 Å². The maximum absolute atomic E-state index is 12.2. The van der Waals surface area contributed by atoms with E-state index in [1.807, 2.05) is 24.3 Å². The number of aromatic hydroxyl groups is 1. The summed E-state index contributed by atoms with van der Waals surface area (Å²) in [5.41, 5.74) is 3.68. The van der Waals surface area contributed by atoms with Gasteiger partial charge in [-0.15, -0.1) is 11.3 Å². The van der Waals surface area contributed by atoms with Gasteiger partial charge in [0.05, 0.1) is 5.69 Å². The van der Waals surface area contributed by atoms with E-state index in [9.17, 15) is 9.90 Å². The van der Waals surface area contributed by atoms with Crippen LogP contribution in [-0.2, 0) is 12.8 Å². The summed E-state index contributed by atoms with van der Waals surface area (Å²) in [5, 5.41) is 13.1. The number of nitrogens with one attached hydrogen (secondary N) is 1. The van der Waals surface area contributed by atoms with E-state index in [2.05, 4.69) is 10.3 Å². The van der Waals surface area contributed by atoms with Gasteiger partial charge in [-0.1, -0.05) is 18.2 Å². The summed E-state index contributed by atoms with van der Waals surface area (Å²) in [5.74, 6) is 0.127. The van der Waals surface area contributed by atoms with Gasteiger partial charge in [-0.3, -0.25) is 10.1 Å². The Bertz CT molecular complexity index is 887. The molecular weight excluding hydrogens is 308 g/mol. The minimum absolute atomic E-state index is 0.150. The van der Waals surface area contributed by atoms with Crippen LogP contribution >= 0.6 is 11.3 Å². The fourth-order valence-electron chi connectivity index (χ4n) is 2.81. The maximum Gasteiger partial charge on any atom is 0.257 e. The van der Waals surface area contributed by atoms with E-state index in [0.717, 1.165) is 29.7 Å². The Morgan fingerprint density at radius 2 is 1.96 bits per heavy atom. The van der Waals surface area contributed by atoms with Gasteiger partial charge in [0.25, 0.3) is 5.91 Å². The molecule has 1 aliphatic carbocycles. The number of thiazole rings is 1. The second kappa shape index (κ2) is 5.52. The number of aryl methyl sites for hydroxylation is 2. The smallest absolute Gasteiger partial charge is 0.257 e. The van der Waals surface area contributed by atoms with Crippen LogP contribution in [0.2, 0.25) is 0 Å². The monoisotopic (exact) mass is 322 g/mol. The normalized spacial score (nSPS) is 12.3. The van der Waals surface area contributed by atoms with Crippen LogP contribution in [0.15, 0.2) is 48.5 Å². The first kappa shape index (κ1) is 14.0. The van der Waals surface area contributed by atoms with Crippen molar-refractivity contribution in [1.82, 2.24) is 4.98 Å². The van der Waals surface area contributed by atoms with Gasteiger partial charge in [0, 0.05) is 16.0 Å². The Balaban J connectivity index is 1.64. The van der Waals surface area contributed by atoms with Crippen molar-refractivity contribution >= 4 is 22.4 Å². The molecule has 0 bridgehead atoms. The molecule has 1 amide bonds. The molecule has 1 aromatic heterocycles. The molecule has 5 heteroatoms. The third kappa shape index (κ3) is 2.59. The molecule has 0 spiro atoms. The van der Waals surface area contributed by atoms with Crippen LogP contribution in [0.3, 0.4) is 0 Å². The first-order valence-corrected chi connectivity index (χ1v) is 8.21. The molecule has 114 valence electrons. The number of phenols is 1. The lowest BCUT2D eigenvalue weighted by Crippen LogP contribution is -2.11. The molecule has 0 unspecified atom stereocenters. The van der Waals surface area contributed by atoms with Crippen LogP contribution in [0.25, 0.3) is 11.3 Å². The molecule has 2 aromatic carbocycles. The summed E-state index contributed by atoms with van der Waals surface area (Å²) < 4.78 is 0. The Labute approximate surface area is 137 Å². The van der Waals surface area contributed by atoms with E-state index in [-0.39, 0.29) is 11.7 Å². The fraction of sp³-hybridized carbons (Fsp3) is 0.111. The molecule has 1 heterocycles. The van der Waals surface area contributed by atoms with Gasteiger partial charge in [0.1, 0.15) is 5.75 Å². The van der Waals surface area contributed by atoms with Gasteiger partial charge >= 0.3 is 0 Å². The lowest BCUT2D eigenvalue weighted by Gasteiger charge is -2.14. The number of rotatable bonds is 2. The third-order valence-electron chi connectivity index (χ3n) is 3.92. The molecule has 0 saturated heterocycles. The van der Waals surface area contributed by atoms with E-state index in [1.54, 1.807) is 24.3 Å². The molecule has 0 atom stereocenters. The standard InChI is InChI=1S/C18H14N2O2S/c21-13-7-8-14-12(10-13)6-9-15-16(14)19-18(23-15)20-17(22)11-4-2-1-3-5-11/h1-5,7-8,10,21H,6,9H2,(H,19,20,22). The summed E-state index contributed by atoms with van der Waals surface area (Å²) in [6, 6.07) is 14.5. The number of carbonyl (C=O) groups is 1. The first-order chi connectivity index (χ1) is 11.2. The molecule has 4 rings (SSSR count). The summed E-state index contributed by atoms with van der Waals surface area (Å²) in [7, 11) is 0. The highest BCUT2D eigenvalue weighted by atomic mass is 32.1. The zero-order valence-electron chi connectivity index (χ0n) is 12.2. The van der Waals surface area contributed by atoms with Gasteiger partial charge in [-0.05, 0) is 48.7 Å². The molecule has 0 aliphatic heterocycles. The van der Waals surface area contributed by atoms with Crippen LogP contribution in [-0.4, -0.2) is 16.0 Å². The number of hydrogen-bond acceptors (Lipinski definition) is 4. The van der Waals surface area contributed by atoms with Crippen molar-refractivity contribution < 1.29 is 9.90 Å². The Hall–Kier alpha value is -2.66. The Kier molecular flexibility index (Phi) is 3.35. The van der Waals surface area contributed by atoms with Crippen molar-refractivity contribution in [2.75, 3.05) is 5.32 Å². The van der Waals surface area contributed by atoms with E-state index in [1.165, 1.54) is 16.2 Å². The summed E-state index contributed by atoms with van der Waals surface area (Å²) in [6.45, 7) is 0. The topological polar surface area (TPSA) is 62.2 Å². The fourth-order valence-corrected chi connectivity index (χ4v) is 3.78. The second-order valence-corrected chi connectivity index (χ2v) is 6.54. The average Bonchev–Trinajstić information content (AvgIpc) is 2.98. The van der Waals surface area contributed by atoms with E-state index >= 15 is 0 Å². The van der Waals surface area contributed by atoms with Crippen molar-refractivity contribution in [3.63, 3.8) is 0 Å². The zero-order valence-corrected chi connectivity index (χ0v) is 13.1. The highest BCUT2D eigenvalue weighted by Crippen LogP contribution is 2.39. The van der Waals surface area contributed by atoms with Crippen molar-refractivity contribution in [2.24, 2.45) is 0 Å². The number of fused-ring (bicyclic) bond motifs is 3. The van der Waals surface area contributed by atoms with Crippen LogP contribution in [0.1, 0.15) is 20.8 Å². The lowest BCUT2D eigenvalue weighted by atomic mass is 9.93. The number of benzene rings is 2. The molecule has 0 radical (unpaired) electrons. The number of aromatic nitrogens is 1. The predicted molar refractivity (Wildman–Crippen MR) is 91.0 cm³/mol. The summed E-state index contributed by atoms with van der Waals surface area (Å²) in [4.78, 5) is 18.0. The van der Waals surface area contributed by atoms with Crippen molar-refractivity contribution in [3.05, 3.63) is 64.5 Å².